The maximum Gasteiger partial charge on any atom is 0.574 e. The number of nitrogen functional groups attached to an aromatic ring is 1. The molecule has 0 atom stereocenters. The van der Waals surface area contributed by atoms with Crippen molar-refractivity contribution in [2.75, 3.05) is 5.73 Å². The van der Waals surface area contributed by atoms with Gasteiger partial charge in [0.2, 0.25) is 5.88 Å². The Hall–Kier alpha value is -1.40. The maximum atomic E-state index is 11.4. The topological polar surface area (TPSA) is 63.9 Å². The molecule has 0 amide bonds. The molecular formula is C4H4F3N3O. The van der Waals surface area contributed by atoms with Gasteiger partial charge in [0.1, 0.15) is 5.82 Å². The number of hydrogen-bond acceptors (Lipinski definition) is 3. The van der Waals surface area contributed by atoms with Gasteiger partial charge >= 0.3 is 6.36 Å². The van der Waals surface area contributed by atoms with Gasteiger partial charge in [-0.25, -0.2) is 0 Å². The van der Waals surface area contributed by atoms with E-state index in [4.69, 9.17) is 5.73 Å². The number of halogens is 3. The summed E-state index contributed by atoms with van der Waals surface area (Å²) in [6, 6.07) is 0.938. The van der Waals surface area contributed by atoms with Crippen molar-refractivity contribution in [1.29, 1.82) is 0 Å². The number of aromatic nitrogens is 2. The van der Waals surface area contributed by atoms with Crippen molar-refractivity contribution in [3.63, 3.8) is 0 Å². The SMILES string of the molecule is Nc1cc(OC(F)(F)F)n[nH]1. The Kier molecular flexibility index (Phi) is 1.63. The Morgan fingerprint density at radius 1 is 1.55 bits per heavy atom. The van der Waals surface area contributed by atoms with Crippen LogP contribution in [-0.4, -0.2) is 16.6 Å². The first-order valence-electron chi connectivity index (χ1n) is 2.54. The van der Waals surface area contributed by atoms with Crippen LogP contribution in [-0.2, 0) is 0 Å². The molecule has 1 heterocycles. The Morgan fingerprint density at radius 2 is 2.18 bits per heavy atom. The van der Waals surface area contributed by atoms with Crippen LogP contribution >= 0.6 is 0 Å². The van der Waals surface area contributed by atoms with Crippen molar-refractivity contribution < 1.29 is 17.9 Å². The molecule has 0 aliphatic rings. The molecule has 1 aromatic heterocycles. The predicted molar refractivity (Wildman–Crippen MR) is 29.7 cm³/mol. The maximum absolute atomic E-state index is 11.4. The summed E-state index contributed by atoms with van der Waals surface area (Å²) in [5.41, 5.74) is 5.03. The zero-order valence-corrected chi connectivity index (χ0v) is 5.14. The first-order valence-corrected chi connectivity index (χ1v) is 2.54. The summed E-state index contributed by atoms with van der Waals surface area (Å²) in [6.07, 6.45) is -4.72. The van der Waals surface area contributed by atoms with Crippen molar-refractivity contribution in [2.24, 2.45) is 0 Å². The second kappa shape index (κ2) is 2.33. The number of aromatic amines is 1. The van der Waals surface area contributed by atoms with E-state index in [2.05, 4.69) is 14.9 Å². The van der Waals surface area contributed by atoms with Crippen molar-refractivity contribution >= 4 is 5.82 Å². The van der Waals surface area contributed by atoms with Crippen LogP contribution in [0.5, 0.6) is 5.88 Å². The summed E-state index contributed by atoms with van der Waals surface area (Å²) < 4.78 is 37.7. The lowest BCUT2D eigenvalue weighted by atomic mass is 10.6. The normalized spacial score (nSPS) is 11.5. The third-order valence-electron chi connectivity index (χ3n) is 0.794. The molecule has 0 aromatic carbocycles. The fraction of sp³-hybridized carbons (Fsp3) is 0.250. The van der Waals surface area contributed by atoms with E-state index in [1.165, 1.54) is 0 Å². The van der Waals surface area contributed by atoms with Gasteiger partial charge in [-0.3, -0.25) is 5.10 Å². The fourth-order valence-corrected chi connectivity index (χ4v) is 0.488. The lowest BCUT2D eigenvalue weighted by molar-refractivity contribution is -0.276. The van der Waals surface area contributed by atoms with Gasteiger partial charge in [0.15, 0.2) is 0 Å². The third-order valence-corrected chi connectivity index (χ3v) is 0.794. The molecule has 0 fully saturated rings. The Morgan fingerprint density at radius 3 is 2.55 bits per heavy atom. The van der Waals surface area contributed by atoms with Gasteiger partial charge in [0, 0.05) is 6.07 Å². The van der Waals surface area contributed by atoms with Crippen LogP contribution in [0.1, 0.15) is 0 Å². The lowest BCUT2D eigenvalue weighted by Gasteiger charge is -2.03. The number of rotatable bonds is 1. The van der Waals surface area contributed by atoms with Gasteiger partial charge in [-0.1, -0.05) is 0 Å². The Labute approximate surface area is 59.1 Å². The van der Waals surface area contributed by atoms with Crippen LogP contribution in [0.3, 0.4) is 0 Å². The van der Waals surface area contributed by atoms with Gasteiger partial charge in [-0.05, 0) is 0 Å². The van der Waals surface area contributed by atoms with Crippen LogP contribution in [0.15, 0.2) is 6.07 Å². The minimum atomic E-state index is -4.72. The summed E-state index contributed by atoms with van der Waals surface area (Å²) in [5.74, 6) is -0.570. The zero-order chi connectivity index (χ0) is 8.48. The third kappa shape index (κ3) is 2.36. The minimum Gasteiger partial charge on any atom is -0.386 e. The second-order valence-electron chi connectivity index (χ2n) is 1.71. The molecule has 4 nitrogen and oxygen atoms in total. The highest BCUT2D eigenvalue weighted by molar-refractivity contribution is 5.31. The summed E-state index contributed by atoms with van der Waals surface area (Å²) in [7, 11) is 0. The monoisotopic (exact) mass is 167 g/mol. The van der Waals surface area contributed by atoms with Gasteiger partial charge in [0.25, 0.3) is 0 Å². The number of nitrogens with two attached hydrogens (primary N) is 1. The molecule has 0 spiro atoms. The summed E-state index contributed by atoms with van der Waals surface area (Å²) in [5, 5.41) is 5.20. The smallest absolute Gasteiger partial charge is 0.386 e. The largest absolute Gasteiger partial charge is 0.574 e. The number of ether oxygens (including phenoxy) is 1. The molecule has 0 aliphatic carbocycles. The molecule has 62 valence electrons. The van der Waals surface area contributed by atoms with Crippen molar-refractivity contribution in [3.05, 3.63) is 6.07 Å². The molecule has 1 aromatic rings. The first kappa shape index (κ1) is 7.70. The van der Waals surface area contributed by atoms with Crippen molar-refractivity contribution in [3.8, 4) is 5.88 Å². The number of H-pyrrole nitrogens is 1. The molecule has 11 heavy (non-hydrogen) atoms. The van der Waals surface area contributed by atoms with E-state index in [1.807, 2.05) is 0 Å². The molecule has 0 saturated heterocycles. The molecule has 3 N–H and O–H groups in total. The Balaban J connectivity index is 2.65. The zero-order valence-electron chi connectivity index (χ0n) is 5.14. The molecule has 1 rings (SSSR count). The number of nitrogens with one attached hydrogen (secondary N) is 1. The van der Waals surface area contributed by atoms with Gasteiger partial charge in [-0.15, -0.1) is 18.3 Å². The van der Waals surface area contributed by atoms with E-state index in [-0.39, 0.29) is 5.82 Å². The highest BCUT2D eigenvalue weighted by Crippen LogP contribution is 2.21. The van der Waals surface area contributed by atoms with E-state index in [9.17, 15) is 13.2 Å². The fourth-order valence-electron chi connectivity index (χ4n) is 0.488. The van der Waals surface area contributed by atoms with E-state index < -0.39 is 12.2 Å². The molecule has 0 saturated carbocycles. The summed E-state index contributed by atoms with van der Waals surface area (Å²) >= 11 is 0. The average Bonchev–Trinajstić information content (AvgIpc) is 2.10. The highest BCUT2D eigenvalue weighted by Gasteiger charge is 2.32. The molecule has 0 unspecified atom stereocenters. The van der Waals surface area contributed by atoms with E-state index >= 15 is 0 Å². The predicted octanol–water partition coefficient (Wildman–Crippen LogP) is 0.891. The van der Waals surface area contributed by atoms with Gasteiger partial charge in [0.05, 0.1) is 0 Å². The van der Waals surface area contributed by atoms with E-state index in [1.54, 1.807) is 0 Å². The van der Waals surface area contributed by atoms with Crippen LogP contribution in [0.4, 0.5) is 19.0 Å². The van der Waals surface area contributed by atoms with Crippen LogP contribution in [0, 0.1) is 0 Å². The van der Waals surface area contributed by atoms with Crippen LogP contribution in [0.2, 0.25) is 0 Å². The Bertz CT molecular complexity index is 243. The number of nitrogens with zero attached hydrogens (tertiary/aromatic N) is 1. The van der Waals surface area contributed by atoms with E-state index in [0.29, 0.717) is 0 Å². The van der Waals surface area contributed by atoms with Crippen molar-refractivity contribution in [2.45, 2.75) is 6.36 Å². The van der Waals surface area contributed by atoms with Gasteiger partial charge < -0.3 is 10.5 Å². The second-order valence-corrected chi connectivity index (χ2v) is 1.71. The minimum absolute atomic E-state index is 0.0178. The van der Waals surface area contributed by atoms with Gasteiger partial charge in [-0.2, -0.15) is 0 Å². The lowest BCUT2D eigenvalue weighted by Crippen LogP contribution is -2.17. The van der Waals surface area contributed by atoms with E-state index in [0.717, 1.165) is 6.07 Å². The molecule has 0 radical (unpaired) electrons. The molecule has 0 bridgehead atoms. The molecular weight excluding hydrogens is 163 g/mol. The molecule has 0 aliphatic heterocycles. The van der Waals surface area contributed by atoms with Crippen LogP contribution in [0.25, 0.3) is 0 Å². The quantitative estimate of drug-likeness (QED) is 0.652. The average molecular weight is 167 g/mol. The highest BCUT2D eigenvalue weighted by atomic mass is 19.4. The standard InChI is InChI=1S/C4H4F3N3O/c5-4(6,7)11-3-1-2(8)9-10-3/h1H,(H3,8,9,10). The number of hydrogen-bond donors (Lipinski definition) is 2. The summed E-state index contributed by atoms with van der Waals surface area (Å²) in [4.78, 5) is 0. The van der Waals surface area contributed by atoms with Crippen molar-refractivity contribution in [1.82, 2.24) is 10.2 Å². The number of alkyl halides is 3. The first-order chi connectivity index (χ1) is 4.97. The number of anilines is 1. The molecule has 7 heteroatoms. The summed E-state index contributed by atoms with van der Waals surface area (Å²) in [6.45, 7) is 0. The van der Waals surface area contributed by atoms with Crippen LogP contribution < -0.4 is 10.5 Å².